The Morgan fingerprint density at radius 1 is 1.76 bits per heavy atom. The van der Waals surface area contributed by atoms with Gasteiger partial charge >= 0.3 is 5.97 Å². The number of hydrogen-bond acceptors (Lipinski definition) is 4. The van der Waals surface area contributed by atoms with Crippen molar-refractivity contribution in [2.24, 2.45) is 5.11 Å². The largest absolute Gasteiger partial charge is 0.465 e. The predicted molar refractivity (Wildman–Crippen MR) is 56.4 cm³/mol. The van der Waals surface area contributed by atoms with Crippen LogP contribution < -0.4 is 0 Å². The van der Waals surface area contributed by atoms with Crippen molar-refractivity contribution in [1.82, 2.24) is 4.98 Å². The SMILES string of the molecule is COC(=O)c1cc(C#CCN=[N+]=[N-])cnc1F. The maximum absolute atomic E-state index is 13.1. The van der Waals surface area contributed by atoms with Gasteiger partial charge in [0.1, 0.15) is 5.56 Å². The van der Waals surface area contributed by atoms with Gasteiger partial charge in [0.15, 0.2) is 0 Å². The maximum atomic E-state index is 13.1. The fraction of sp³-hybridized carbons (Fsp3) is 0.200. The van der Waals surface area contributed by atoms with Gasteiger partial charge in [-0.1, -0.05) is 17.0 Å². The van der Waals surface area contributed by atoms with E-state index in [2.05, 4.69) is 31.6 Å². The second-order valence-electron chi connectivity index (χ2n) is 2.74. The van der Waals surface area contributed by atoms with Crippen LogP contribution in [0.4, 0.5) is 4.39 Å². The third-order valence-electron chi connectivity index (χ3n) is 1.69. The summed E-state index contributed by atoms with van der Waals surface area (Å²) in [7, 11) is 1.14. The zero-order valence-corrected chi connectivity index (χ0v) is 8.85. The minimum absolute atomic E-state index is 0.0125. The number of carbonyl (C=O) groups is 1. The molecule has 17 heavy (non-hydrogen) atoms. The van der Waals surface area contributed by atoms with Gasteiger partial charge in [-0.2, -0.15) is 4.39 Å². The third-order valence-corrected chi connectivity index (χ3v) is 1.69. The second kappa shape index (κ2) is 6.10. The lowest BCUT2D eigenvalue weighted by molar-refractivity contribution is 0.0594. The summed E-state index contributed by atoms with van der Waals surface area (Å²) in [5.41, 5.74) is 8.06. The molecule has 0 saturated heterocycles. The van der Waals surface area contributed by atoms with Crippen molar-refractivity contribution in [3.8, 4) is 11.8 Å². The lowest BCUT2D eigenvalue weighted by Gasteiger charge is -2.00. The number of ether oxygens (including phenoxy) is 1. The van der Waals surface area contributed by atoms with Crippen LogP contribution in [0.3, 0.4) is 0 Å². The number of halogens is 1. The highest BCUT2D eigenvalue weighted by Gasteiger charge is 2.13. The molecule has 0 aromatic carbocycles. The van der Waals surface area contributed by atoms with Crippen LogP contribution in [0.2, 0.25) is 0 Å². The van der Waals surface area contributed by atoms with Gasteiger partial charge in [0.25, 0.3) is 0 Å². The standard InChI is InChI=1S/C10H7FN4O2/c1-17-10(16)8-5-7(6-13-9(8)11)3-2-4-14-15-12/h5-6H,4H2,1H3. The molecule has 0 atom stereocenters. The molecule has 1 aromatic heterocycles. The molecule has 86 valence electrons. The molecule has 0 N–H and O–H groups in total. The number of esters is 1. The predicted octanol–water partition coefficient (Wildman–Crippen LogP) is 1.67. The van der Waals surface area contributed by atoms with E-state index in [0.717, 1.165) is 7.11 Å². The minimum atomic E-state index is -0.919. The molecule has 6 nitrogen and oxygen atoms in total. The highest BCUT2D eigenvalue weighted by atomic mass is 19.1. The average Bonchev–Trinajstić information content (AvgIpc) is 2.35. The zero-order chi connectivity index (χ0) is 12.7. The van der Waals surface area contributed by atoms with Crippen molar-refractivity contribution in [2.45, 2.75) is 0 Å². The topological polar surface area (TPSA) is 88.0 Å². The molecular weight excluding hydrogens is 227 g/mol. The third kappa shape index (κ3) is 3.48. The summed E-state index contributed by atoms with van der Waals surface area (Å²) in [6, 6.07) is 1.22. The quantitative estimate of drug-likeness (QED) is 0.195. The van der Waals surface area contributed by atoms with E-state index in [1.165, 1.54) is 12.3 Å². The second-order valence-corrected chi connectivity index (χ2v) is 2.74. The average molecular weight is 234 g/mol. The van der Waals surface area contributed by atoms with E-state index in [1.54, 1.807) is 0 Å². The van der Waals surface area contributed by atoms with E-state index in [-0.39, 0.29) is 12.1 Å². The molecule has 1 heterocycles. The van der Waals surface area contributed by atoms with Gasteiger partial charge in [0.05, 0.1) is 13.7 Å². The molecule has 1 rings (SSSR count). The van der Waals surface area contributed by atoms with Gasteiger partial charge in [-0.3, -0.25) is 0 Å². The number of carbonyl (C=O) groups excluding carboxylic acids is 1. The van der Waals surface area contributed by atoms with Gasteiger partial charge in [0, 0.05) is 16.7 Å². The number of nitrogens with zero attached hydrogens (tertiary/aromatic N) is 4. The summed E-state index contributed by atoms with van der Waals surface area (Å²) in [5.74, 6) is 3.35. The Kier molecular flexibility index (Phi) is 4.48. The van der Waals surface area contributed by atoms with Crippen molar-refractivity contribution in [3.63, 3.8) is 0 Å². The Balaban J connectivity index is 2.98. The lowest BCUT2D eigenvalue weighted by Crippen LogP contribution is -2.06. The van der Waals surface area contributed by atoms with Crippen LogP contribution >= 0.6 is 0 Å². The number of methoxy groups -OCH3 is 1. The molecule has 0 aliphatic heterocycles. The van der Waals surface area contributed by atoms with E-state index >= 15 is 0 Å². The Bertz CT molecular complexity index is 541. The monoisotopic (exact) mass is 234 g/mol. The van der Waals surface area contributed by atoms with Crippen molar-refractivity contribution < 1.29 is 13.9 Å². The van der Waals surface area contributed by atoms with Crippen molar-refractivity contribution in [2.75, 3.05) is 13.7 Å². The molecule has 0 radical (unpaired) electrons. The molecule has 1 aromatic rings. The summed E-state index contributed by atoms with van der Waals surface area (Å²) in [6.07, 6.45) is 1.17. The van der Waals surface area contributed by atoms with Crippen LogP contribution in [0.1, 0.15) is 15.9 Å². The van der Waals surface area contributed by atoms with Gasteiger partial charge in [-0.05, 0) is 11.6 Å². The molecule has 0 bridgehead atoms. The van der Waals surface area contributed by atoms with Gasteiger partial charge < -0.3 is 4.74 Å². The first-order valence-corrected chi connectivity index (χ1v) is 4.42. The van der Waals surface area contributed by atoms with Crippen molar-refractivity contribution in [1.29, 1.82) is 0 Å². The maximum Gasteiger partial charge on any atom is 0.342 e. The Morgan fingerprint density at radius 2 is 2.53 bits per heavy atom. The Labute approximate surface area is 96.0 Å². The van der Waals surface area contributed by atoms with Gasteiger partial charge in [0.2, 0.25) is 5.95 Å². The molecule has 0 fully saturated rings. The number of rotatable bonds is 2. The minimum Gasteiger partial charge on any atom is -0.465 e. The first kappa shape index (κ1) is 12.5. The van der Waals surface area contributed by atoms with E-state index in [0.29, 0.717) is 5.56 Å². The molecule has 0 saturated carbocycles. The van der Waals surface area contributed by atoms with E-state index in [4.69, 9.17) is 5.53 Å². The van der Waals surface area contributed by atoms with Crippen LogP contribution in [0.15, 0.2) is 17.4 Å². The molecule has 0 amide bonds. The van der Waals surface area contributed by atoms with Crippen LogP contribution in [0.25, 0.3) is 10.4 Å². The van der Waals surface area contributed by atoms with Crippen LogP contribution in [0, 0.1) is 17.8 Å². The summed E-state index contributed by atoms with van der Waals surface area (Å²) in [5, 5.41) is 3.20. The van der Waals surface area contributed by atoms with E-state index in [9.17, 15) is 9.18 Å². The highest BCUT2D eigenvalue weighted by molar-refractivity contribution is 5.89. The molecule has 0 aliphatic carbocycles. The zero-order valence-electron chi connectivity index (χ0n) is 8.85. The summed E-state index contributed by atoms with van der Waals surface area (Å²) in [6.45, 7) is -0.0125. The van der Waals surface area contributed by atoms with Gasteiger partial charge in [-0.25, -0.2) is 9.78 Å². The Morgan fingerprint density at radius 3 is 3.18 bits per heavy atom. The Hall–Kier alpha value is -2.58. The fourth-order valence-corrected chi connectivity index (χ4v) is 0.978. The van der Waals surface area contributed by atoms with Crippen molar-refractivity contribution in [3.05, 3.63) is 39.8 Å². The number of aromatic nitrogens is 1. The highest BCUT2D eigenvalue weighted by Crippen LogP contribution is 2.08. The number of hydrogen-bond donors (Lipinski definition) is 0. The van der Waals surface area contributed by atoms with Gasteiger partial charge in [-0.15, -0.1) is 0 Å². The van der Waals surface area contributed by atoms with E-state index < -0.39 is 11.9 Å². The van der Waals surface area contributed by atoms with Crippen LogP contribution in [0.5, 0.6) is 0 Å². The normalized spacial score (nSPS) is 8.59. The first-order valence-electron chi connectivity index (χ1n) is 4.42. The van der Waals surface area contributed by atoms with Crippen LogP contribution in [-0.2, 0) is 4.74 Å². The lowest BCUT2D eigenvalue weighted by atomic mass is 10.2. The number of azide groups is 1. The molecule has 7 heteroatoms. The fourth-order valence-electron chi connectivity index (χ4n) is 0.978. The summed E-state index contributed by atoms with van der Waals surface area (Å²) >= 11 is 0. The molecular formula is C10H7FN4O2. The first-order chi connectivity index (χ1) is 8.19. The van der Waals surface area contributed by atoms with Crippen molar-refractivity contribution >= 4 is 5.97 Å². The van der Waals surface area contributed by atoms with Crippen LogP contribution in [-0.4, -0.2) is 24.6 Å². The summed E-state index contributed by atoms with van der Waals surface area (Å²) < 4.78 is 17.5. The summed E-state index contributed by atoms with van der Waals surface area (Å²) in [4.78, 5) is 17.0. The molecule has 0 spiro atoms. The van der Waals surface area contributed by atoms with E-state index in [1.807, 2.05) is 0 Å². The smallest absolute Gasteiger partial charge is 0.342 e. The molecule has 0 unspecified atom stereocenters. The molecule has 0 aliphatic rings. The number of pyridine rings is 1.